The minimum atomic E-state index is -4.35. The Morgan fingerprint density at radius 2 is 1.62 bits per heavy atom. The molecule has 0 aromatic heterocycles. The Bertz CT molecular complexity index is 977. The van der Waals surface area contributed by atoms with E-state index < -0.39 is 37.6 Å². The van der Waals surface area contributed by atoms with Crippen molar-refractivity contribution in [2.45, 2.75) is 19.2 Å². The van der Waals surface area contributed by atoms with Crippen LogP contribution in [0, 0.1) is 0 Å². The predicted molar refractivity (Wildman–Crippen MR) is 111 cm³/mol. The van der Waals surface area contributed by atoms with Crippen molar-refractivity contribution in [3.63, 3.8) is 0 Å². The van der Waals surface area contributed by atoms with E-state index in [1.165, 1.54) is 54.6 Å². The maximum atomic E-state index is 12.6. The van der Waals surface area contributed by atoms with E-state index in [1.54, 1.807) is 0 Å². The van der Waals surface area contributed by atoms with Crippen LogP contribution >= 0.6 is 0 Å². The molecule has 0 atom stereocenters. The average molecular weight is 488 g/mol. The summed E-state index contributed by atoms with van der Waals surface area (Å²) in [5, 5.41) is 13.7. The quantitative estimate of drug-likeness (QED) is 0.332. The molecule has 2 rings (SSSR count). The van der Waals surface area contributed by atoms with Crippen molar-refractivity contribution < 1.29 is 46.1 Å². The van der Waals surface area contributed by atoms with Crippen molar-refractivity contribution in [1.82, 2.24) is 10.6 Å². The molecule has 12 heteroatoms. The lowest BCUT2D eigenvalue weighted by atomic mass is 10.1. The van der Waals surface area contributed by atoms with Gasteiger partial charge in [-0.2, -0.15) is 22.0 Å². The third kappa shape index (κ3) is 9.45. The molecule has 184 valence electrons. The summed E-state index contributed by atoms with van der Waals surface area (Å²) in [6, 6.07) is 10.5. The number of amides is 2. The van der Waals surface area contributed by atoms with Crippen molar-refractivity contribution >= 4 is 17.9 Å². The first kappa shape index (κ1) is 26.6. The second-order valence-electron chi connectivity index (χ2n) is 6.68. The monoisotopic (exact) mass is 488 g/mol. The Kier molecular flexibility index (Phi) is 9.80. The summed E-state index contributed by atoms with van der Waals surface area (Å²) >= 11 is 0. The van der Waals surface area contributed by atoms with E-state index in [2.05, 4.69) is 15.4 Å². The van der Waals surface area contributed by atoms with E-state index in [0.717, 1.165) is 0 Å². The molecule has 3 N–H and O–H groups in total. The SMILES string of the molecule is O=C(NCCO)C(=Cc1ccc(OC(F)F)cc1)NC(=O)c1ccc(OCCC(F)(F)F)cc1. The van der Waals surface area contributed by atoms with E-state index >= 15 is 0 Å². The highest BCUT2D eigenvalue weighted by atomic mass is 19.4. The highest BCUT2D eigenvalue weighted by molar-refractivity contribution is 6.05. The van der Waals surface area contributed by atoms with Crippen LogP contribution in [-0.2, 0) is 4.79 Å². The van der Waals surface area contributed by atoms with Gasteiger partial charge in [0.15, 0.2) is 0 Å². The van der Waals surface area contributed by atoms with Crippen LogP contribution in [0.15, 0.2) is 54.2 Å². The van der Waals surface area contributed by atoms with Crippen molar-refractivity contribution in [2.75, 3.05) is 19.8 Å². The minimum absolute atomic E-state index is 0.0861. The molecular weight excluding hydrogens is 467 g/mol. The van der Waals surface area contributed by atoms with Gasteiger partial charge in [0.25, 0.3) is 11.8 Å². The zero-order valence-corrected chi connectivity index (χ0v) is 17.6. The zero-order chi connectivity index (χ0) is 25.1. The van der Waals surface area contributed by atoms with E-state index in [0.29, 0.717) is 5.56 Å². The van der Waals surface area contributed by atoms with Crippen molar-refractivity contribution in [3.8, 4) is 11.5 Å². The molecule has 0 radical (unpaired) electrons. The van der Waals surface area contributed by atoms with E-state index in [9.17, 15) is 31.5 Å². The van der Waals surface area contributed by atoms with Crippen molar-refractivity contribution in [1.29, 1.82) is 0 Å². The molecule has 0 aliphatic carbocycles. The Balaban J connectivity index is 2.12. The normalized spacial score (nSPS) is 11.8. The van der Waals surface area contributed by atoms with E-state index in [1.807, 2.05) is 0 Å². The van der Waals surface area contributed by atoms with Crippen molar-refractivity contribution in [2.24, 2.45) is 0 Å². The molecule has 34 heavy (non-hydrogen) atoms. The van der Waals surface area contributed by atoms with Crippen LogP contribution in [0.2, 0.25) is 0 Å². The number of hydrogen-bond acceptors (Lipinski definition) is 5. The van der Waals surface area contributed by atoms with E-state index in [-0.39, 0.29) is 35.9 Å². The predicted octanol–water partition coefficient (Wildman–Crippen LogP) is 3.50. The van der Waals surface area contributed by atoms with E-state index in [4.69, 9.17) is 9.84 Å². The van der Waals surface area contributed by atoms with Crippen molar-refractivity contribution in [3.05, 3.63) is 65.4 Å². The number of aliphatic hydroxyl groups excluding tert-OH is 1. The number of rotatable bonds is 11. The smallest absolute Gasteiger partial charge is 0.392 e. The third-order valence-electron chi connectivity index (χ3n) is 4.08. The second-order valence-corrected chi connectivity index (χ2v) is 6.68. The molecule has 0 spiro atoms. The summed E-state index contributed by atoms with van der Waals surface area (Å²) in [7, 11) is 0. The summed E-state index contributed by atoms with van der Waals surface area (Å²) in [6.07, 6.45) is -4.19. The molecule has 0 aliphatic rings. The van der Waals surface area contributed by atoms with Crippen LogP contribution < -0.4 is 20.1 Å². The van der Waals surface area contributed by atoms with Crippen LogP contribution in [0.5, 0.6) is 11.5 Å². The molecule has 2 amide bonds. The first-order chi connectivity index (χ1) is 16.1. The largest absolute Gasteiger partial charge is 0.493 e. The first-order valence-corrected chi connectivity index (χ1v) is 9.84. The van der Waals surface area contributed by atoms with Gasteiger partial charge >= 0.3 is 12.8 Å². The lowest BCUT2D eigenvalue weighted by Crippen LogP contribution is -2.36. The number of alkyl halides is 5. The Morgan fingerprint density at radius 1 is 1.00 bits per heavy atom. The fourth-order valence-electron chi connectivity index (χ4n) is 2.52. The lowest BCUT2D eigenvalue weighted by molar-refractivity contribution is -0.139. The number of nitrogens with one attached hydrogen (secondary N) is 2. The second kappa shape index (κ2) is 12.5. The molecule has 0 heterocycles. The maximum absolute atomic E-state index is 12.6. The number of carbonyl (C=O) groups is 2. The average Bonchev–Trinajstić information content (AvgIpc) is 2.77. The summed E-state index contributed by atoms with van der Waals surface area (Å²) in [5.74, 6) is -1.39. The van der Waals surface area contributed by atoms with Gasteiger partial charge in [-0.3, -0.25) is 9.59 Å². The fourth-order valence-corrected chi connectivity index (χ4v) is 2.52. The molecule has 0 aliphatic heterocycles. The van der Waals surface area contributed by atoms with Gasteiger partial charge < -0.3 is 25.2 Å². The summed E-state index contributed by atoms with van der Waals surface area (Å²) in [5.41, 5.74) is 0.265. The highest BCUT2D eigenvalue weighted by Gasteiger charge is 2.26. The molecule has 7 nitrogen and oxygen atoms in total. The Hall–Kier alpha value is -3.67. The van der Waals surface area contributed by atoms with Gasteiger partial charge in [-0.15, -0.1) is 0 Å². The molecule has 0 fully saturated rings. The zero-order valence-electron chi connectivity index (χ0n) is 17.6. The molecular formula is C22H21F5N2O5. The number of aliphatic hydroxyl groups is 1. The molecule has 0 unspecified atom stereocenters. The maximum Gasteiger partial charge on any atom is 0.392 e. The molecule has 2 aromatic carbocycles. The Morgan fingerprint density at radius 3 is 2.18 bits per heavy atom. The van der Waals surface area contributed by atoms with Gasteiger partial charge in [-0.1, -0.05) is 12.1 Å². The van der Waals surface area contributed by atoms with Gasteiger partial charge in [0.2, 0.25) is 0 Å². The number of hydrogen-bond donors (Lipinski definition) is 3. The number of benzene rings is 2. The topological polar surface area (TPSA) is 96.9 Å². The molecule has 0 saturated heterocycles. The molecule has 0 bridgehead atoms. The van der Waals surface area contributed by atoms with Crippen LogP contribution in [0.4, 0.5) is 22.0 Å². The Labute approximate surface area is 191 Å². The molecule has 0 saturated carbocycles. The van der Waals surface area contributed by atoms with Gasteiger partial charge in [0.1, 0.15) is 17.2 Å². The number of carbonyl (C=O) groups excluding carboxylic acids is 2. The third-order valence-corrected chi connectivity index (χ3v) is 4.08. The molecule has 2 aromatic rings. The van der Waals surface area contributed by atoms with Crippen LogP contribution in [0.25, 0.3) is 6.08 Å². The number of halogens is 5. The first-order valence-electron chi connectivity index (χ1n) is 9.84. The van der Waals surface area contributed by atoms with Crippen LogP contribution in [0.3, 0.4) is 0 Å². The standard InChI is InChI=1S/C22H21F5N2O5/c23-21(24)34-17-5-1-14(2-6-17)13-18(20(32)28-10-11-30)29-19(31)15-3-7-16(8-4-15)33-12-9-22(25,26)27/h1-8,13,21,30H,9-12H2,(H,28,32)(H,29,31). The summed E-state index contributed by atoms with van der Waals surface area (Å²) in [6.45, 7) is -4.00. The van der Waals surface area contributed by atoms with Gasteiger partial charge in [0.05, 0.1) is 19.6 Å². The minimum Gasteiger partial charge on any atom is -0.493 e. The van der Waals surface area contributed by atoms with Gasteiger partial charge in [-0.05, 0) is 48.0 Å². The van der Waals surface area contributed by atoms with Gasteiger partial charge in [-0.25, -0.2) is 0 Å². The number of ether oxygens (including phenoxy) is 2. The summed E-state index contributed by atoms with van der Waals surface area (Å²) in [4.78, 5) is 25.0. The lowest BCUT2D eigenvalue weighted by Gasteiger charge is -2.12. The summed E-state index contributed by atoms with van der Waals surface area (Å²) < 4.78 is 70.4. The van der Waals surface area contributed by atoms with Gasteiger partial charge in [0, 0.05) is 12.1 Å². The van der Waals surface area contributed by atoms with Crippen LogP contribution in [0.1, 0.15) is 22.3 Å². The highest BCUT2D eigenvalue weighted by Crippen LogP contribution is 2.21. The van der Waals surface area contributed by atoms with Crippen LogP contribution in [-0.4, -0.2) is 49.5 Å². The fraction of sp³-hybridized carbons (Fsp3) is 0.273.